The molecule has 1 heterocycles. The van der Waals surface area contributed by atoms with Crippen LogP contribution in [0.1, 0.15) is 24.1 Å². The molecule has 0 aliphatic carbocycles. The Labute approximate surface area is 182 Å². The molecule has 1 aliphatic heterocycles. The SMILES string of the molecule is COCCN1C(=O)C(=O)/C(=C(\O)c2cccc([N+](=O)[O-])c2)C1c1ccc(OC(C)=O)cc1. The smallest absolute Gasteiger partial charge is 0.308 e. The minimum atomic E-state index is -0.962. The second kappa shape index (κ2) is 9.40. The Hall–Kier alpha value is -4.05. The summed E-state index contributed by atoms with van der Waals surface area (Å²) in [6.07, 6.45) is 0. The number of esters is 1. The summed E-state index contributed by atoms with van der Waals surface area (Å²) >= 11 is 0. The number of Topliss-reactive ketones (excluding diaryl/α,β-unsaturated/α-hetero) is 1. The molecule has 0 radical (unpaired) electrons. The molecule has 1 aliphatic rings. The van der Waals surface area contributed by atoms with Gasteiger partial charge in [0.15, 0.2) is 0 Å². The fraction of sp³-hybridized carbons (Fsp3) is 0.227. The zero-order valence-electron chi connectivity index (χ0n) is 17.3. The monoisotopic (exact) mass is 440 g/mol. The summed E-state index contributed by atoms with van der Waals surface area (Å²) < 4.78 is 10.1. The van der Waals surface area contributed by atoms with Gasteiger partial charge in [0.25, 0.3) is 17.4 Å². The number of hydrogen-bond donors (Lipinski definition) is 1. The molecule has 166 valence electrons. The van der Waals surface area contributed by atoms with Gasteiger partial charge in [-0.05, 0) is 17.7 Å². The molecule has 3 rings (SSSR count). The molecule has 1 fully saturated rings. The number of non-ortho nitro benzene ring substituents is 1. The number of methoxy groups -OCH3 is 1. The van der Waals surface area contributed by atoms with Crippen molar-refractivity contribution in [2.45, 2.75) is 13.0 Å². The maximum absolute atomic E-state index is 12.9. The van der Waals surface area contributed by atoms with Crippen LogP contribution >= 0.6 is 0 Å². The fourth-order valence-electron chi connectivity index (χ4n) is 3.45. The molecule has 10 nitrogen and oxygen atoms in total. The molecule has 1 unspecified atom stereocenters. The lowest BCUT2D eigenvalue weighted by atomic mass is 9.95. The third kappa shape index (κ3) is 4.49. The first-order chi connectivity index (χ1) is 15.2. The minimum Gasteiger partial charge on any atom is -0.507 e. The van der Waals surface area contributed by atoms with E-state index in [1.165, 1.54) is 49.3 Å². The Morgan fingerprint density at radius 1 is 1.19 bits per heavy atom. The summed E-state index contributed by atoms with van der Waals surface area (Å²) in [4.78, 5) is 48.5. The molecule has 2 aromatic rings. The van der Waals surface area contributed by atoms with E-state index < -0.39 is 34.4 Å². The maximum Gasteiger partial charge on any atom is 0.308 e. The van der Waals surface area contributed by atoms with Gasteiger partial charge in [-0.1, -0.05) is 24.3 Å². The van der Waals surface area contributed by atoms with E-state index in [0.717, 1.165) is 6.07 Å². The first kappa shape index (κ1) is 22.6. The number of nitro groups is 1. The van der Waals surface area contributed by atoms with Gasteiger partial charge in [0.2, 0.25) is 0 Å². The van der Waals surface area contributed by atoms with E-state index in [1.807, 2.05) is 0 Å². The molecular formula is C22H20N2O8. The highest BCUT2D eigenvalue weighted by Gasteiger charge is 2.46. The summed E-state index contributed by atoms with van der Waals surface area (Å²) in [6, 6.07) is 10.3. The van der Waals surface area contributed by atoms with Crippen molar-refractivity contribution in [3.63, 3.8) is 0 Å². The summed E-state index contributed by atoms with van der Waals surface area (Å²) in [6.45, 7) is 1.47. The largest absolute Gasteiger partial charge is 0.507 e. The molecular weight excluding hydrogens is 420 g/mol. The van der Waals surface area contributed by atoms with Gasteiger partial charge < -0.3 is 19.5 Å². The van der Waals surface area contributed by atoms with Crippen LogP contribution in [0.2, 0.25) is 0 Å². The summed E-state index contributed by atoms with van der Waals surface area (Å²) in [5, 5.41) is 22.0. The first-order valence-corrected chi connectivity index (χ1v) is 9.55. The van der Waals surface area contributed by atoms with Crippen molar-refractivity contribution in [1.29, 1.82) is 0 Å². The number of ketones is 1. The molecule has 0 bridgehead atoms. The molecule has 10 heteroatoms. The van der Waals surface area contributed by atoms with Crippen molar-refractivity contribution in [1.82, 2.24) is 4.90 Å². The van der Waals surface area contributed by atoms with Crippen LogP contribution < -0.4 is 4.74 Å². The van der Waals surface area contributed by atoms with E-state index in [4.69, 9.17) is 9.47 Å². The number of benzene rings is 2. The topological polar surface area (TPSA) is 136 Å². The summed E-state index contributed by atoms with van der Waals surface area (Å²) in [5.41, 5.74) is 0.0328. The zero-order valence-corrected chi connectivity index (χ0v) is 17.3. The number of amides is 1. The van der Waals surface area contributed by atoms with Gasteiger partial charge in [-0.3, -0.25) is 24.5 Å². The average Bonchev–Trinajstić information content (AvgIpc) is 3.02. The highest BCUT2D eigenvalue weighted by molar-refractivity contribution is 6.46. The predicted octanol–water partition coefficient (Wildman–Crippen LogP) is 2.59. The summed E-state index contributed by atoms with van der Waals surface area (Å²) in [7, 11) is 1.45. The van der Waals surface area contributed by atoms with Crippen molar-refractivity contribution < 1.29 is 33.9 Å². The number of rotatable bonds is 7. The maximum atomic E-state index is 12.9. The van der Waals surface area contributed by atoms with Crippen molar-refractivity contribution >= 4 is 29.1 Å². The van der Waals surface area contributed by atoms with Crippen molar-refractivity contribution in [2.75, 3.05) is 20.3 Å². The third-order valence-corrected chi connectivity index (χ3v) is 4.86. The Morgan fingerprint density at radius 2 is 1.88 bits per heavy atom. The van der Waals surface area contributed by atoms with Gasteiger partial charge in [-0.25, -0.2) is 0 Å². The Bertz CT molecular complexity index is 1110. The van der Waals surface area contributed by atoms with Crippen molar-refractivity contribution in [3.8, 4) is 5.75 Å². The van der Waals surface area contributed by atoms with E-state index in [9.17, 15) is 29.6 Å². The van der Waals surface area contributed by atoms with Crippen molar-refractivity contribution in [2.24, 2.45) is 0 Å². The second-order valence-corrected chi connectivity index (χ2v) is 6.96. The molecule has 32 heavy (non-hydrogen) atoms. The number of likely N-dealkylation sites (tertiary alicyclic amines) is 1. The molecule has 0 spiro atoms. The molecule has 1 atom stereocenters. The number of carbonyl (C=O) groups excluding carboxylic acids is 3. The van der Waals surface area contributed by atoms with Crippen LogP contribution in [0.15, 0.2) is 54.1 Å². The van der Waals surface area contributed by atoms with E-state index in [2.05, 4.69) is 0 Å². The highest BCUT2D eigenvalue weighted by atomic mass is 16.6. The van der Waals surface area contributed by atoms with Crippen LogP contribution in [0.4, 0.5) is 5.69 Å². The zero-order chi connectivity index (χ0) is 23.4. The number of nitro benzene ring substituents is 1. The van der Waals surface area contributed by atoms with Crippen molar-refractivity contribution in [3.05, 3.63) is 75.3 Å². The average molecular weight is 440 g/mol. The van der Waals surface area contributed by atoms with Gasteiger partial charge in [-0.15, -0.1) is 0 Å². The lowest BCUT2D eigenvalue weighted by Crippen LogP contribution is -2.32. The molecule has 1 N–H and O–H groups in total. The van der Waals surface area contributed by atoms with Gasteiger partial charge in [0.1, 0.15) is 11.5 Å². The van der Waals surface area contributed by atoms with Crippen LogP contribution in [-0.2, 0) is 19.1 Å². The number of nitrogens with zero attached hydrogens (tertiary/aromatic N) is 2. The van der Waals surface area contributed by atoms with E-state index in [0.29, 0.717) is 5.56 Å². The lowest BCUT2D eigenvalue weighted by Gasteiger charge is -2.25. The number of aliphatic hydroxyl groups excluding tert-OH is 1. The van der Waals surface area contributed by atoms with Crippen LogP contribution in [0.5, 0.6) is 5.75 Å². The van der Waals surface area contributed by atoms with Gasteiger partial charge in [0.05, 0.1) is 23.1 Å². The highest BCUT2D eigenvalue weighted by Crippen LogP contribution is 2.40. The van der Waals surface area contributed by atoms with Crippen LogP contribution in [0.25, 0.3) is 5.76 Å². The van der Waals surface area contributed by atoms with Gasteiger partial charge >= 0.3 is 5.97 Å². The lowest BCUT2D eigenvalue weighted by molar-refractivity contribution is -0.384. The normalized spacial score (nSPS) is 17.4. The molecule has 1 saturated heterocycles. The van der Waals surface area contributed by atoms with E-state index in [-0.39, 0.29) is 35.7 Å². The molecule has 0 saturated carbocycles. The van der Waals surface area contributed by atoms with E-state index in [1.54, 1.807) is 12.1 Å². The standard InChI is InChI=1S/C22H20N2O8/c1-13(25)32-17-8-6-14(7-9-17)19-18(21(27)22(28)23(19)10-11-31-2)20(26)15-4-3-5-16(12-15)24(29)30/h3-9,12,19,26H,10-11H2,1-2H3/b20-18-. The molecule has 1 amide bonds. The van der Waals surface area contributed by atoms with Gasteiger partial charge in [0, 0.05) is 38.3 Å². The number of carbonyl (C=O) groups is 3. The molecule has 2 aromatic carbocycles. The Kier molecular flexibility index (Phi) is 6.64. The summed E-state index contributed by atoms with van der Waals surface area (Å²) in [5.74, 6) is -2.51. The number of ether oxygens (including phenoxy) is 2. The second-order valence-electron chi connectivity index (χ2n) is 6.96. The fourth-order valence-corrected chi connectivity index (χ4v) is 3.45. The Balaban J connectivity index is 2.13. The Morgan fingerprint density at radius 3 is 2.47 bits per heavy atom. The third-order valence-electron chi connectivity index (χ3n) is 4.86. The first-order valence-electron chi connectivity index (χ1n) is 9.55. The van der Waals surface area contributed by atoms with E-state index >= 15 is 0 Å². The number of aliphatic hydroxyl groups is 1. The van der Waals surface area contributed by atoms with Crippen LogP contribution in [0, 0.1) is 10.1 Å². The van der Waals surface area contributed by atoms with Crippen LogP contribution in [-0.4, -0.2) is 52.9 Å². The quantitative estimate of drug-likeness (QED) is 0.132. The minimum absolute atomic E-state index is 0.0328. The van der Waals surface area contributed by atoms with Gasteiger partial charge in [-0.2, -0.15) is 0 Å². The predicted molar refractivity (Wildman–Crippen MR) is 112 cm³/mol. The number of hydrogen-bond acceptors (Lipinski definition) is 8. The van der Waals surface area contributed by atoms with Crippen LogP contribution in [0.3, 0.4) is 0 Å². The molecule has 0 aromatic heterocycles.